The molecule has 44 heavy (non-hydrogen) atoms. The maximum Gasteiger partial charge on any atom is 0.237 e. The van der Waals surface area contributed by atoms with Crippen LogP contribution < -0.4 is 0 Å². The summed E-state index contributed by atoms with van der Waals surface area (Å²) in [6, 6.07) is 47.3. The van der Waals surface area contributed by atoms with Crippen molar-refractivity contribution in [2.75, 3.05) is 0 Å². The normalized spacial score (nSPS) is 12.1. The smallest absolute Gasteiger partial charge is 0.237 e. The summed E-state index contributed by atoms with van der Waals surface area (Å²) in [7, 11) is 0. The Morgan fingerprint density at radius 2 is 1.05 bits per heavy atom. The molecule has 0 unspecified atom stereocenters. The fourth-order valence-electron chi connectivity index (χ4n) is 6.93. The Morgan fingerprint density at radius 3 is 1.84 bits per heavy atom. The number of nitrogens with zero attached hydrogens (tertiary/aromatic N) is 5. The molecule has 5 heteroatoms. The van der Waals surface area contributed by atoms with Gasteiger partial charge in [0.05, 0.1) is 27.6 Å². The molecule has 0 fully saturated rings. The number of fused-ring (bicyclic) bond motifs is 12. The predicted octanol–water partition coefficient (Wildman–Crippen LogP) is 9.50. The summed E-state index contributed by atoms with van der Waals surface area (Å²) in [5.41, 5.74) is 7.29. The molecule has 10 aromatic rings. The maximum atomic E-state index is 5.06. The van der Waals surface area contributed by atoms with E-state index in [2.05, 4.69) is 112 Å². The van der Waals surface area contributed by atoms with Crippen LogP contribution in [0.5, 0.6) is 0 Å². The lowest BCUT2D eigenvalue weighted by atomic mass is 9.92. The highest BCUT2D eigenvalue weighted by Gasteiger charge is 2.20. The molecule has 0 N–H and O–H groups in total. The molecule has 0 atom stereocenters. The SMILES string of the molecule is c1ccc2nc(-n3c4ccc(-c5ccc6c7ccccc7c7ccccc7c6c5)cc4n4c5ccccc5nc34)ncc2c1. The van der Waals surface area contributed by atoms with Crippen LogP contribution in [-0.4, -0.2) is 23.9 Å². The minimum atomic E-state index is 0.607. The number of aromatic nitrogens is 5. The van der Waals surface area contributed by atoms with Crippen molar-refractivity contribution in [1.29, 1.82) is 0 Å². The maximum absolute atomic E-state index is 5.06. The van der Waals surface area contributed by atoms with Crippen molar-refractivity contribution in [3.05, 3.63) is 140 Å². The van der Waals surface area contributed by atoms with Crippen LogP contribution >= 0.6 is 0 Å². The molecule has 0 radical (unpaired) electrons. The van der Waals surface area contributed by atoms with Gasteiger partial charge in [0.25, 0.3) is 0 Å². The Labute approximate surface area is 251 Å². The van der Waals surface area contributed by atoms with E-state index in [-0.39, 0.29) is 0 Å². The molecule has 0 aliphatic heterocycles. The molecule has 0 aliphatic rings. The van der Waals surface area contributed by atoms with Gasteiger partial charge in [-0.05, 0) is 79.8 Å². The number of para-hydroxylation sites is 3. The second kappa shape index (κ2) is 8.72. The van der Waals surface area contributed by atoms with Crippen LogP contribution in [-0.2, 0) is 0 Å². The van der Waals surface area contributed by atoms with E-state index in [1.807, 2.05) is 36.5 Å². The molecule has 5 nitrogen and oxygen atoms in total. The molecule has 3 heterocycles. The Kier molecular flexibility index (Phi) is 4.66. The predicted molar refractivity (Wildman–Crippen MR) is 181 cm³/mol. The number of hydrogen-bond acceptors (Lipinski definition) is 3. The summed E-state index contributed by atoms with van der Waals surface area (Å²) < 4.78 is 4.31. The highest BCUT2D eigenvalue weighted by Crippen LogP contribution is 2.38. The lowest BCUT2D eigenvalue weighted by molar-refractivity contribution is 0.984. The Balaban J connectivity index is 1.26. The van der Waals surface area contributed by atoms with Gasteiger partial charge in [0.15, 0.2) is 0 Å². The summed E-state index contributed by atoms with van der Waals surface area (Å²) in [6.07, 6.45) is 1.89. The van der Waals surface area contributed by atoms with Gasteiger partial charge in [-0.3, -0.25) is 4.40 Å². The van der Waals surface area contributed by atoms with Crippen LogP contribution in [0.3, 0.4) is 0 Å². The number of imidazole rings is 2. The van der Waals surface area contributed by atoms with Gasteiger partial charge in [-0.15, -0.1) is 0 Å². The number of hydrogen-bond donors (Lipinski definition) is 0. The number of benzene rings is 7. The quantitative estimate of drug-likeness (QED) is 0.198. The van der Waals surface area contributed by atoms with E-state index in [9.17, 15) is 0 Å². The van der Waals surface area contributed by atoms with Crippen molar-refractivity contribution < 1.29 is 0 Å². The lowest BCUT2D eigenvalue weighted by Gasteiger charge is -2.12. The van der Waals surface area contributed by atoms with E-state index in [0.29, 0.717) is 5.95 Å². The average Bonchev–Trinajstić information content (AvgIpc) is 3.62. The first-order valence-corrected chi connectivity index (χ1v) is 14.8. The van der Waals surface area contributed by atoms with Gasteiger partial charge in [-0.1, -0.05) is 97.1 Å². The first kappa shape index (κ1) is 23.5. The average molecular weight is 562 g/mol. The van der Waals surface area contributed by atoms with E-state index in [4.69, 9.17) is 15.0 Å². The highest BCUT2D eigenvalue weighted by atomic mass is 15.3. The zero-order valence-corrected chi connectivity index (χ0v) is 23.5. The molecule has 3 aromatic heterocycles. The third-order valence-electron chi connectivity index (χ3n) is 8.95. The monoisotopic (exact) mass is 561 g/mol. The summed E-state index contributed by atoms with van der Waals surface area (Å²) >= 11 is 0. The minimum absolute atomic E-state index is 0.607. The van der Waals surface area contributed by atoms with Crippen LogP contribution in [0.25, 0.3) is 88.1 Å². The molecule has 204 valence electrons. The van der Waals surface area contributed by atoms with E-state index >= 15 is 0 Å². The lowest BCUT2D eigenvalue weighted by Crippen LogP contribution is -2.01. The van der Waals surface area contributed by atoms with Crippen molar-refractivity contribution in [2.45, 2.75) is 0 Å². The van der Waals surface area contributed by atoms with E-state index in [1.165, 1.54) is 37.9 Å². The van der Waals surface area contributed by atoms with Crippen molar-refractivity contribution in [3.63, 3.8) is 0 Å². The highest BCUT2D eigenvalue weighted by molar-refractivity contribution is 6.25. The Morgan fingerprint density at radius 1 is 0.432 bits per heavy atom. The Bertz CT molecular complexity index is 2750. The number of rotatable bonds is 2. The van der Waals surface area contributed by atoms with E-state index < -0.39 is 0 Å². The molecule has 10 rings (SSSR count). The largest absolute Gasteiger partial charge is 0.276 e. The Hall–Kier alpha value is -6.07. The van der Waals surface area contributed by atoms with E-state index in [1.54, 1.807) is 0 Å². The van der Waals surface area contributed by atoms with E-state index in [0.717, 1.165) is 44.3 Å². The molecule has 0 spiro atoms. The first-order valence-electron chi connectivity index (χ1n) is 14.8. The standard InChI is InChI=1S/C39H23N5/c1-6-14-33-26(9-1)23-40-38(41-33)44-36-20-18-25(22-37(36)43-35-16-8-7-15-34(35)42-39(43)44)24-17-19-31-29-12-3-2-10-27(29)28-11-4-5-13-30(28)32(31)21-24/h1-23H. The molecular formula is C39H23N5. The van der Waals surface area contributed by atoms with Crippen LogP contribution in [0.2, 0.25) is 0 Å². The van der Waals surface area contributed by atoms with Gasteiger partial charge < -0.3 is 0 Å². The van der Waals surface area contributed by atoms with Crippen molar-refractivity contribution in [2.24, 2.45) is 0 Å². The summed E-state index contributed by atoms with van der Waals surface area (Å²) in [5.74, 6) is 1.40. The molecule has 0 saturated carbocycles. The van der Waals surface area contributed by atoms with Gasteiger partial charge in [-0.25, -0.2) is 19.5 Å². The molecule has 0 bridgehead atoms. The zero-order valence-electron chi connectivity index (χ0n) is 23.5. The second-order valence-corrected chi connectivity index (χ2v) is 11.4. The second-order valence-electron chi connectivity index (χ2n) is 11.4. The van der Waals surface area contributed by atoms with Crippen molar-refractivity contribution in [1.82, 2.24) is 23.9 Å². The van der Waals surface area contributed by atoms with Crippen LogP contribution in [0.15, 0.2) is 140 Å². The fraction of sp³-hybridized carbons (Fsp3) is 0. The molecule has 0 saturated heterocycles. The molecular weight excluding hydrogens is 538 g/mol. The first-order chi connectivity index (χ1) is 21.8. The third kappa shape index (κ3) is 3.21. The van der Waals surface area contributed by atoms with Gasteiger partial charge in [-0.2, -0.15) is 0 Å². The van der Waals surface area contributed by atoms with Crippen LogP contribution in [0.4, 0.5) is 0 Å². The van der Waals surface area contributed by atoms with Crippen molar-refractivity contribution >= 4 is 71.1 Å². The summed E-state index contributed by atoms with van der Waals surface area (Å²) in [4.78, 5) is 14.8. The van der Waals surface area contributed by atoms with Gasteiger partial charge >= 0.3 is 0 Å². The molecule has 0 aliphatic carbocycles. The topological polar surface area (TPSA) is 48.0 Å². The summed E-state index contributed by atoms with van der Waals surface area (Å²) in [6.45, 7) is 0. The summed E-state index contributed by atoms with van der Waals surface area (Å²) in [5, 5.41) is 8.66. The minimum Gasteiger partial charge on any atom is -0.276 e. The van der Waals surface area contributed by atoms with Gasteiger partial charge in [0.2, 0.25) is 11.7 Å². The molecule has 0 amide bonds. The van der Waals surface area contributed by atoms with Gasteiger partial charge in [0.1, 0.15) is 0 Å². The van der Waals surface area contributed by atoms with Crippen LogP contribution in [0, 0.1) is 0 Å². The zero-order chi connectivity index (χ0) is 28.8. The van der Waals surface area contributed by atoms with Crippen LogP contribution in [0.1, 0.15) is 0 Å². The van der Waals surface area contributed by atoms with Gasteiger partial charge in [0, 0.05) is 11.6 Å². The third-order valence-corrected chi connectivity index (χ3v) is 8.95. The van der Waals surface area contributed by atoms with Crippen molar-refractivity contribution in [3.8, 4) is 17.1 Å². The fourth-order valence-corrected chi connectivity index (χ4v) is 6.93. The molecule has 7 aromatic carbocycles.